The minimum Gasteiger partial charge on any atom is -0.481 e. The number of rotatable bonds is 3. The number of aromatic nitrogens is 2. The Bertz CT molecular complexity index is 548. The van der Waals surface area contributed by atoms with E-state index in [0.717, 1.165) is 10.2 Å². The number of carbonyl (C=O) groups is 1. The largest absolute Gasteiger partial charge is 0.481 e. The third-order valence-corrected chi connectivity index (χ3v) is 2.74. The van der Waals surface area contributed by atoms with E-state index in [4.69, 9.17) is 10.5 Å². The monoisotopic (exact) mass is 295 g/mol. The number of methoxy groups -OCH3 is 1. The summed E-state index contributed by atoms with van der Waals surface area (Å²) >= 11 is 3.35. The lowest BCUT2D eigenvalue weighted by molar-refractivity contribution is 0.0995. The Morgan fingerprint density at radius 2 is 2.06 bits per heavy atom. The summed E-state index contributed by atoms with van der Waals surface area (Å²) in [6, 6.07) is 8.96. The van der Waals surface area contributed by atoms with E-state index in [1.807, 2.05) is 24.3 Å². The summed E-state index contributed by atoms with van der Waals surface area (Å²) < 4.78 is 7.62. The first-order chi connectivity index (χ1) is 8.11. The van der Waals surface area contributed by atoms with E-state index in [0.29, 0.717) is 5.88 Å². The van der Waals surface area contributed by atoms with Gasteiger partial charge in [-0.25, -0.2) is 4.68 Å². The second-order valence-electron chi connectivity index (χ2n) is 3.32. The molecule has 2 N–H and O–H groups in total. The quantitative estimate of drug-likeness (QED) is 0.938. The van der Waals surface area contributed by atoms with E-state index in [1.165, 1.54) is 17.9 Å². The van der Waals surface area contributed by atoms with Crippen LogP contribution in [0.2, 0.25) is 0 Å². The number of ether oxygens (including phenoxy) is 1. The van der Waals surface area contributed by atoms with Crippen molar-refractivity contribution < 1.29 is 9.53 Å². The second-order valence-corrected chi connectivity index (χ2v) is 4.24. The van der Waals surface area contributed by atoms with Crippen molar-refractivity contribution >= 4 is 21.8 Å². The lowest BCUT2D eigenvalue weighted by Gasteiger charge is -2.05. The summed E-state index contributed by atoms with van der Waals surface area (Å²) in [5, 5.41) is 4.08. The van der Waals surface area contributed by atoms with Crippen LogP contribution in [0.4, 0.5) is 0 Å². The molecular weight excluding hydrogens is 286 g/mol. The maximum atomic E-state index is 11.1. The normalized spacial score (nSPS) is 10.2. The molecule has 6 heteroatoms. The van der Waals surface area contributed by atoms with Gasteiger partial charge in [-0.1, -0.05) is 15.9 Å². The standard InChI is InChI=1S/C11H10BrN3O2/c1-17-10-6-9(11(13)16)14-15(10)8-4-2-7(12)3-5-8/h2-6H,1H3,(H2,13,16). The van der Waals surface area contributed by atoms with Crippen LogP contribution < -0.4 is 10.5 Å². The number of nitrogens with zero attached hydrogens (tertiary/aromatic N) is 2. The van der Waals surface area contributed by atoms with Gasteiger partial charge in [0.15, 0.2) is 5.69 Å². The Kier molecular flexibility index (Phi) is 3.14. The summed E-state index contributed by atoms with van der Waals surface area (Å²) in [5.41, 5.74) is 6.14. The molecular formula is C11H10BrN3O2. The average Bonchev–Trinajstić information content (AvgIpc) is 2.74. The molecule has 0 aliphatic rings. The highest BCUT2D eigenvalue weighted by Gasteiger charge is 2.13. The van der Waals surface area contributed by atoms with Crippen molar-refractivity contribution in [1.29, 1.82) is 0 Å². The third-order valence-electron chi connectivity index (χ3n) is 2.21. The van der Waals surface area contributed by atoms with Gasteiger partial charge in [-0.15, -0.1) is 0 Å². The molecule has 1 heterocycles. The van der Waals surface area contributed by atoms with Gasteiger partial charge in [-0.05, 0) is 24.3 Å². The smallest absolute Gasteiger partial charge is 0.269 e. The van der Waals surface area contributed by atoms with Crippen molar-refractivity contribution in [3.05, 3.63) is 40.5 Å². The van der Waals surface area contributed by atoms with Crippen molar-refractivity contribution in [2.75, 3.05) is 7.11 Å². The van der Waals surface area contributed by atoms with Crippen LogP contribution in [-0.4, -0.2) is 22.8 Å². The zero-order valence-corrected chi connectivity index (χ0v) is 10.6. The van der Waals surface area contributed by atoms with Crippen molar-refractivity contribution in [2.45, 2.75) is 0 Å². The van der Waals surface area contributed by atoms with Crippen LogP contribution in [0.1, 0.15) is 10.5 Å². The van der Waals surface area contributed by atoms with E-state index in [-0.39, 0.29) is 5.69 Å². The highest BCUT2D eigenvalue weighted by atomic mass is 79.9. The van der Waals surface area contributed by atoms with Gasteiger partial charge in [0.1, 0.15) is 0 Å². The minimum absolute atomic E-state index is 0.171. The first-order valence-corrected chi connectivity index (χ1v) is 5.61. The van der Waals surface area contributed by atoms with E-state index < -0.39 is 5.91 Å². The van der Waals surface area contributed by atoms with Crippen LogP contribution in [0.5, 0.6) is 5.88 Å². The molecule has 0 atom stereocenters. The molecule has 88 valence electrons. The molecule has 5 nitrogen and oxygen atoms in total. The van der Waals surface area contributed by atoms with Gasteiger partial charge in [0.05, 0.1) is 12.8 Å². The molecule has 0 bridgehead atoms. The molecule has 1 aromatic carbocycles. The Morgan fingerprint density at radius 3 is 2.59 bits per heavy atom. The Hall–Kier alpha value is -1.82. The summed E-state index contributed by atoms with van der Waals surface area (Å²) in [7, 11) is 1.51. The van der Waals surface area contributed by atoms with E-state index in [9.17, 15) is 4.79 Å². The molecule has 0 fully saturated rings. The van der Waals surface area contributed by atoms with E-state index >= 15 is 0 Å². The van der Waals surface area contributed by atoms with Crippen LogP contribution in [0.25, 0.3) is 5.69 Å². The van der Waals surface area contributed by atoms with Crippen LogP contribution in [-0.2, 0) is 0 Å². The highest BCUT2D eigenvalue weighted by Crippen LogP contribution is 2.20. The van der Waals surface area contributed by atoms with Gasteiger partial charge in [0.25, 0.3) is 5.91 Å². The maximum Gasteiger partial charge on any atom is 0.269 e. The first kappa shape index (κ1) is 11.7. The summed E-state index contributed by atoms with van der Waals surface area (Å²) in [6.45, 7) is 0. The van der Waals surface area contributed by atoms with Gasteiger partial charge in [0.2, 0.25) is 5.88 Å². The average molecular weight is 296 g/mol. The molecule has 17 heavy (non-hydrogen) atoms. The van der Waals surface area contributed by atoms with Crippen LogP contribution in [0.15, 0.2) is 34.8 Å². The van der Waals surface area contributed by atoms with Crippen molar-refractivity contribution in [2.24, 2.45) is 5.73 Å². The number of carbonyl (C=O) groups excluding carboxylic acids is 1. The predicted octanol–water partition coefficient (Wildman–Crippen LogP) is 1.74. The van der Waals surface area contributed by atoms with Crippen molar-refractivity contribution in [3.8, 4) is 11.6 Å². The number of hydrogen-bond donors (Lipinski definition) is 1. The van der Waals surface area contributed by atoms with Crippen LogP contribution in [0, 0.1) is 0 Å². The highest BCUT2D eigenvalue weighted by molar-refractivity contribution is 9.10. The van der Waals surface area contributed by atoms with Crippen molar-refractivity contribution in [1.82, 2.24) is 9.78 Å². The molecule has 0 unspecified atom stereocenters. The predicted molar refractivity (Wildman–Crippen MR) is 66.3 cm³/mol. The molecule has 2 rings (SSSR count). The van der Waals surface area contributed by atoms with Gasteiger partial charge in [0, 0.05) is 10.5 Å². The van der Waals surface area contributed by atoms with E-state index in [2.05, 4.69) is 21.0 Å². The number of hydrogen-bond acceptors (Lipinski definition) is 3. The molecule has 0 spiro atoms. The fraction of sp³-hybridized carbons (Fsp3) is 0.0909. The zero-order chi connectivity index (χ0) is 12.4. The fourth-order valence-corrected chi connectivity index (χ4v) is 1.66. The molecule has 0 aliphatic heterocycles. The summed E-state index contributed by atoms with van der Waals surface area (Å²) in [5.74, 6) is -0.125. The lowest BCUT2D eigenvalue weighted by Crippen LogP contribution is -2.12. The molecule has 0 saturated heterocycles. The molecule has 0 radical (unpaired) electrons. The zero-order valence-electron chi connectivity index (χ0n) is 9.05. The minimum atomic E-state index is -0.584. The fourth-order valence-electron chi connectivity index (χ4n) is 1.40. The number of primary amides is 1. The third kappa shape index (κ3) is 2.31. The molecule has 0 aliphatic carbocycles. The van der Waals surface area contributed by atoms with E-state index in [1.54, 1.807) is 0 Å². The first-order valence-electron chi connectivity index (χ1n) is 4.81. The number of benzene rings is 1. The van der Waals surface area contributed by atoms with Crippen LogP contribution >= 0.6 is 15.9 Å². The molecule has 1 amide bonds. The topological polar surface area (TPSA) is 70.1 Å². The summed E-state index contributed by atoms with van der Waals surface area (Å²) in [6.07, 6.45) is 0. The van der Waals surface area contributed by atoms with Gasteiger partial charge < -0.3 is 10.5 Å². The molecule has 1 aromatic heterocycles. The Balaban J connectivity index is 2.50. The van der Waals surface area contributed by atoms with Gasteiger partial charge in [-0.3, -0.25) is 4.79 Å². The van der Waals surface area contributed by atoms with Gasteiger partial charge >= 0.3 is 0 Å². The number of amides is 1. The Labute approximate surface area is 106 Å². The summed E-state index contributed by atoms with van der Waals surface area (Å²) in [4.78, 5) is 11.1. The lowest BCUT2D eigenvalue weighted by atomic mass is 10.3. The molecule has 2 aromatic rings. The molecule has 0 saturated carbocycles. The number of halogens is 1. The SMILES string of the molecule is COc1cc(C(N)=O)nn1-c1ccc(Br)cc1. The van der Waals surface area contributed by atoms with Gasteiger partial charge in [-0.2, -0.15) is 5.10 Å². The number of nitrogens with two attached hydrogens (primary N) is 1. The van der Waals surface area contributed by atoms with Crippen LogP contribution in [0.3, 0.4) is 0 Å². The van der Waals surface area contributed by atoms with Crippen molar-refractivity contribution in [3.63, 3.8) is 0 Å². The maximum absolute atomic E-state index is 11.1. The second kappa shape index (κ2) is 4.58. The Morgan fingerprint density at radius 1 is 1.41 bits per heavy atom.